The van der Waals surface area contributed by atoms with Crippen LogP contribution < -0.4 is 11.1 Å². The molecule has 0 aromatic carbocycles. The smallest absolute Gasteiger partial charge is 0.234 e. The number of hydrogen-bond acceptors (Lipinski definition) is 6. The number of nitrogens with one attached hydrogen (secondary N) is 1. The molecule has 2 rings (SSSR count). The molecular weight excluding hydrogens is 236 g/mol. The topological polar surface area (TPSA) is 117 Å². The van der Waals surface area contributed by atoms with Gasteiger partial charge in [-0.05, 0) is 0 Å². The van der Waals surface area contributed by atoms with Gasteiger partial charge in [0.25, 0.3) is 0 Å². The summed E-state index contributed by atoms with van der Waals surface area (Å²) in [5.41, 5.74) is 6.63. The molecule has 96 valence electrons. The molecule has 0 saturated carbocycles. The molecule has 0 aliphatic heterocycles. The van der Waals surface area contributed by atoms with E-state index in [1.165, 1.54) is 0 Å². The van der Waals surface area contributed by atoms with Crippen LogP contribution in [0.4, 0.5) is 0 Å². The highest BCUT2D eigenvalue weighted by Crippen LogP contribution is 1.98. The summed E-state index contributed by atoms with van der Waals surface area (Å²) in [6.45, 7) is 0.774. The number of rotatable bonds is 5. The number of nitrogens with zero attached hydrogens (tertiary/aromatic N) is 6. The van der Waals surface area contributed by atoms with Gasteiger partial charge in [0.05, 0.1) is 25.8 Å². The van der Waals surface area contributed by atoms with Crippen molar-refractivity contribution in [3.05, 3.63) is 23.8 Å². The fourth-order valence-electron chi connectivity index (χ4n) is 1.39. The van der Waals surface area contributed by atoms with E-state index in [1.807, 2.05) is 0 Å². The van der Waals surface area contributed by atoms with Crippen LogP contribution in [0.3, 0.4) is 0 Å². The van der Waals surface area contributed by atoms with E-state index in [9.17, 15) is 4.79 Å². The molecule has 0 spiro atoms. The van der Waals surface area contributed by atoms with E-state index >= 15 is 0 Å². The monoisotopic (exact) mass is 250 g/mol. The van der Waals surface area contributed by atoms with Gasteiger partial charge >= 0.3 is 0 Å². The fourth-order valence-corrected chi connectivity index (χ4v) is 1.39. The van der Waals surface area contributed by atoms with E-state index in [4.69, 9.17) is 5.73 Å². The van der Waals surface area contributed by atoms with Crippen LogP contribution in [0.1, 0.15) is 11.4 Å². The van der Waals surface area contributed by atoms with Crippen molar-refractivity contribution in [3.63, 3.8) is 0 Å². The highest BCUT2D eigenvalue weighted by atomic mass is 16.1. The SMILES string of the molecule is Cn1cc(Cn2cc(CNC(=O)CN)nn2)nn1. The van der Waals surface area contributed by atoms with E-state index in [1.54, 1.807) is 28.8 Å². The van der Waals surface area contributed by atoms with Gasteiger partial charge < -0.3 is 11.1 Å². The minimum Gasteiger partial charge on any atom is -0.349 e. The minimum atomic E-state index is -0.224. The maximum Gasteiger partial charge on any atom is 0.234 e. The molecule has 0 unspecified atom stereocenters. The van der Waals surface area contributed by atoms with Gasteiger partial charge in [0, 0.05) is 13.2 Å². The molecule has 2 aromatic rings. The molecule has 9 nitrogen and oxygen atoms in total. The third-order valence-electron chi connectivity index (χ3n) is 2.21. The van der Waals surface area contributed by atoms with Gasteiger partial charge in [-0.1, -0.05) is 10.4 Å². The number of carbonyl (C=O) groups excluding carboxylic acids is 1. The summed E-state index contributed by atoms with van der Waals surface area (Å²) >= 11 is 0. The van der Waals surface area contributed by atoms with Crippen LogP contribution in [0.5, 0.6) is 0 Å². The lowest BCUT2D eigenvalue weighted by atomic mass is 10.4. The Balaban J connectivity index is 1.91. The number of hydrogen-bond donors (Lipinski definition) is 2. The highest BCUT2D eigenvalue weighted by Gasteiger charge is 2.05. The van der Waals surface area contributed by atoms with Crippen LogP contribution in [0.15, 0.2) is 12.4 Å². The van der Waals surface area contributed by atoms with Crippen molar-refractivity contribution >= 4 is 5.91 Å². The summed E-state index contributed by atoms with van der Waals surface area (Å²) in [6.07, 6.45) is 3.54. The maximum absolute atomic E-state index is 11.0. The number of amides is 1. The first-order valence-electron chi connectivity index (χ1n) is 5.38. The lowest BCUT2D eigenvalue weighted by Crippen LogP contribution is -2.29. The summed E-state index contributed by atoms with van der Waals surface area (Å²) in [7, 11) is 1.80. The van der Waals surface area contributed by atoms with E-state index < -0.39 is 0 Å². The summed E-state index contributed by atoms with van der Waals surface area (Å²) < 4.78 is 3.25. The Hall–Kier alpha value is -2.29. The van der Waals surface area contributed by atoms with E-state index in [2.05, 4.69) is 25.9 Å². The van der Waals surface area contributed by atoms with Gasteiger partial charge in [0.1, 0.15) is 11.4 Å². The minimum absolute atomic E-state index is 0.0340. The predicted molar refractivity (Wildman–Crippen MR) is 61.0 cm³/mol. The van der Waals surface area contributed by atoms with Gasteiger partial charge in [-0.15, -0.1) is 10.2 Å². The average Bonchev–Trinajstić information content (AvgIpc) is 2.96. The lowest BCUT2D eigenvalue weighted by molar-refractivity contribution is -0.119. The number of carbonyl (C=O) groups is 1. The summed E-state index contributed by atoms with van der Waals surface area (Å²) in [4.78, 5) is 11.0. The molecular formula is C9H14N8O. The molecule has 2 aromatic heterocycles. The normalized spacial score (nSPS) is 10.6. The third kappa shape index (κ3) is 3.10. The van der Waals surface area contributed by atoms with E-state index in [0.29, 0.717) is 18.8 Å². The molecule has 9 heteroatoms. The highest BCUT2D eigenvalue weighted by molar-refractivity contribution is 5.77. The van der Waals surface area contributed by atoms with E-state index in [0.717, 1.165) is 5.69 Å². The average molecular weight is 250 g/mol. The van der Waals surface area contributed by atoms with Crippen molar-refractivity contribution in [3.8, 4) is 0 Å². The Morgan fingerprint density at radius 3 is 2.78 bits per heavy atom. The van der Waals surface area contributed by atoms with Crippen molar-refractivity contribution in [1.29, 1.82) is 0 Å². The quantitative estimate of drug-likeness (QED) is 0.635. The van der Waals surface area contributed by atoms with Gasteiger partial charge in [0.2, 0.25) is 5.91 Å². The maximum atomic E-state index is 11.0. The predicted octanol–water partition coefficient (Wildman–Crippen LogP) is -1.97. The fraction of sp³-hybridized carbons (Fsp3) is 0.444. The molecule has 0 fully saturated rings. The van der Waals surface area contributed by atoms with Crippen molar-refractivity contribution in [2.45, 2.75) is 13.1 Å². The van der Waals surface area contributed by atoms with Crippen LogP contribution in [-0.2, 0) is 24.9 Å². The van der Waals surface area contributed by atoms with Crippen LogP contribution >= 0.6 is 0 Å². The Morgan fingerprint density at radius 2 is 2.11 bits per heavy atom. The molecule has 0 aliphatic carbocycles. The second-order valence-corrected chi connectivity index (χ2v) is 3.77. The van der Waals surface area contributed by atoms with Crippen molar-refractivity contribution in [2.75, 3.05) is 6.54 Å². The Kier molecular flexibility index (Phi) is 3.63. The number of aryl methyl sites for hydroxylation is 1. The second-order valence-electron chi connectivity index (χ2n) is 3.77. The molecule has 0 aliphatic rings. The molecule has 0 bridgehead atoms. The molecule has 3 N–H and O–H groups in total. The molecule has 0 radical (unpaired) electrons. The van der Waals surface area contributed by atoms with Crippen molar-refractivity contribution < 1.29 is 4.79 Å². The van der Waals surface area contributed by atoms with Gasteiger partial charge in [-0.2, -0.15) is 0 Å². The summed E-state index contributed by atoms with van der Waals surface area (Å²) in [5.74, 6) is -0.224. The Labute approximate surface area is 103 Å². The largest absolute Gasteiger partial charge is 0.349 e. The van der Waals surface area contributed by atoms with Gasteiger partial charge in [-0.3, -0.25) is 9.48 Å². The van der Waals surface area contributed by atoms with Crippen molar-refractivity contribution in [2.24, 2.45) is 12.8 Å². The Bertz CT molecular complexity index is 530. The van der Waals surface area contributed by atoms with Crippen LogP contribution in [0.25, 0.3) is 0 Å². The first-order valence-corrected chi connectivity index (χ1v) is 5.38. The Morgan fingerprint density at radius 1 is 1.33 bits per heavy atom. The number of nitrogens with two attached hydrogens (primary N) is 1. The zero-order chi connectivity index (χ0) is 13.0. The molecule has 18 heavy (non-hydrogen) atoms. The molecule has 1 amide bonds. The van der Waals surface area contributed by atoms with E-state index in [-0.39, 0.29) is 12.5 Å². The zero-order valence-corrected chi connectivity index (χ0v) is 9.94. The summed E-state index contributed by atoms with van der Waals surface area (Å²) in [5, 5.41) is 18.2. The lowest BCUT2D eigenvalue weighted by Gasteiger charge is -1.98. The first kappa shape index (κ1) is 12.2. The van der Waals surface area contributed by atoms with Crippen molar-refractivity contribution in [1.82, 2.24) is 35.3 Å². The summed E-state index contributed by atoms with van der Waals surface area (Å²) in [6, 6.07) is 0. The van der Waals surface area contributed by atoms with Crippen LogP contribution in [0, 0.1) is 0 Å². The standard InChI is InChI=1S/C9H14N8O/c1-16-4-8(13-14-16)6-17-5-7(12-15-17)3-11-9(18)2-10/h4-5H,2-3,6,10H2,1H3,(H,11,18). The van der Waals surface area contributed by atoms with Crippen LogP contribution in [-0.4, -0.2) is 42.4 Å². The number of aromatic nitrogens is 6. The zero-order valence-electron chi connectivity index (χ0n) is 9.94. The van der Waals surface area contributed by atoms with Gasteiger partial charge in [-0.25, -0.2) is 4.68 Å². The molecule has 0 saturated heterocycles. The molecule has 0 atom stereocenters. The second kappa shape index (κ2) is 5.36. The molecule has 2 heterocycles. The first-order chi connectivity index (χ1) is 8.67. The van der Waals surface area contributed by atoms with Crippen LogP contribution in [0.2, 0.25) is 0 Å². The van der Waals surface area contributed by atoms with Gasteiger partial charge in [0.15, 0.2) is 0 Å². The third-order valence-corrected chi connectivity index (χ3v) is 2.21.